The van der Waals surface area contributed by atoms with Crippen LogP contribution in [0, 0.1) is 17.8 Å². The number of hydrogen-bond donors (Lipinski definition) is 6. The summed E-state index contributed by atoms with van der Waals surface area (Å²) in [6.45, 7) is 11.7. The number of hydrogen-bond acceptors (Lipinski definition) is 15. The molecule has 6 N–H and O–H groups in total. The third-order valence-corrected chi connectivity index (χ3v) is 19.7. The number of carbonyl (C=O) groups excluding carboxylic acids is 3. The lowest BCUT2D eigenvalue weighted by atomic mass is 9.86. The SMILES string of the molecule is CC(C)S(=O)(=O)NCC1CCC(Nc2ccc(C(=O)N(C)C)cn2)CC1.CCS(=O)(=O)NCC1CCC(Nc2ccc(C(=O)N(C)C)cn2)CC1.CN(C)C(=O)c1ccc(NC2CCC(CNS(=O)(=O)C(C)(C)C)CC2)nc1. The summed E-state index contributed by atoms with van der Waals surface area (Å²) >= 11 is 0. The van der Waals surface area contributed by atoms with Crippen LogP contribution in [0.15, 0.2) is 55.0 Å². The fraction of sp³-hybridized carbons (Fsp3) is 0.667. The Morgan fingerprint density at radius 1 is 0.500 bits per heavy atom. The van der Waals surface area contributed by atoms with E-state index in [1.54, 1.807) is 121 Å². The summed E-state index contributed by atoms with van der Waals surface area (Å²) in [4.78, 5) is 53.2. The van der Waals surface area contributed by atoms with Crippen molar-refractivity contribution in [3.8, 4) is 0 Å². The number of nitrogens with zero attached hydrogens (tertiary/aromatic N) is 6. The molecule has 24 heteroatoms. The third-order valence-electron chi connectivity index (χ3n) is 14.4. The van der Waals surface area contributed by atoms with Crippen LogP contribution in [0.4, 0.5) is 17.5 Å². The predicted molar refractivity (Wildman–Crippen MR) is 311 cm³/mol. The van der Waals surface area contributed by atoms with E-state index in [2.05, 4.69) is 45.1 Å². The number of nitrogens with one attached hydrogen (secondary N) is 6. The first kappa shape index (κ1) is 65.5. The van der Waals surface area contributed by atoms with Gasteiger partial charge in [-0.05, 0) is 173 Å². The minimum Gasteiger partial charge on any atom is -0.367 e. The number of carbonyl (C=O) groups is 3. The van der Waals surface area contributed by atoms with Gasteiger partial charge in [0.25, 0.3) is 17.7 Å². The van der Waals surface area contributed by atoms with Gasteiger partial charge in [0.1, 0.15) is 17.5 Å². The van der Waals surface area contributed by atoms with Crippen molar-refractivity contribution in [1.29, 1.82) is 0 Å². The molecule has 0 saturated heterocycles. The average Bonchev–Trinajstić information content (AvgIpc) is 3.41. The Morgan fingerprint density at radius 2 is 0.795 bits per heavy atom. The lowest BCUT2D eigenvalue weighted by Gasteiger charge is -2.30. The topological polar surface area (TPSA) is 274 Å². The molecular formula is C54H90N12O9S3. The number of anilines is 3. The van der Waals surface area contributed by atoms with Crippen molar-refractivity contribution >= 4 is 65.2 Å². The fourth-order valence-electron chi connectivity index (χ4n) is 8.94. The highest BCUT2D eigenvalue weighted by Crippen LogP contribution is 2.29. The van der Waals surface area contributed by atoms with E-state index in [-0.39, 0.29) is 23.5 Å². The number of amides is 3. The van der Waals surface area contributed by atoms with Crippen LogP contribution in [-0.2, 0) is 30.1 Å². The molecule has 0 bridgehead atoms. The first-order valence-electron chi connectivity index (χ1n) is 27.3. The molecule has 0 atom stereocenters. The summed E-state index contributed by atoms with van der Waals surface area (Å²) < 4.78 is 78.4. The molecule has 6 rings (SSSR count). The first-order valence-corrected chi connectivity index (χ1v) is 31.9. The van der Waals surface area contributed by atoms with E-state index in [1.807, 2.05) is 18.2 Å². The van der Waals surface area contributed by atoms with Crippen LogP contribution in [0.2, 0.25) is 0 Å². The largest absolute Gasteiger partial charge is 0.367 e. The van der Waals surface area contributed by atoms with Gasteiger partial charge in [0.2, 0.25) is 30.1 Å². The van der Waals surface area contributed by atoms with Gasteiger partial charge in [0, 0.05) is 98.6 Å². The molecule has 21 nitrogen and oxygen atoms in total. The molecule has 3 amide bonds. The summed E-state index contributed by atoms with van der Waals surface area (Å²) in [5.74, 6) is 3.39. The van der Waals surface area contributed by atoms with Crippen molar-refractivity contribution in [1.82, 2.24) is 43.8 Å². The molecule has 0 aliphatic heterocycles. The molecule has 0 aromatic carbocycles. The van der Waals surface area contributed by atoms with Crippen LogP contribution in [0.1, 0.15) is 150 Å². The van der Waals surface area contributed by atoms with Crippen LogP contribution in [0.25, 0.3) is 0 Å². The van der Waals surface area contributed by atoms with Gasteiger partial charge in [0.05, 0.1) is 32.4 Å². The molecule has 3 saturated carbocycles. The molecule has 0 unspecified atom stereocenters. The molecule has 0 radical (unpaired) electrons. The summed E-state index contributed by atoms with van der Waals surface area (Å²) in [5, 5.41) is 9.84. The average molecular weight is 1150 g/mol. The summed E-state index contributed by atoms with van der Waals surface area (Å²) in [7, 11) is 0.727. The maximum absolute atomic E-state index is 12.2. The Kier molecular flexibility index (Phi) is 25.2. The van der Waals surface area contributed by atoms with Crippen LogP contribution in [0.3, 0.4) is 0 Å². The maximum atomic E-state index is 12.2. The molecule has 3 fully saturated rings. The number of rotatable bonds is 20. The normalized spacial score (nSPS) is 20.9. The maximum Gasteiger partial charge on any atom is 0.254 e. The number of sulfonamides is 3. The molecule has 3 aromatic rings. The molecule has 3 aliphatic rings. The summed E-state index contributed by atoms with van der Waals surface area (Å²) in [6.07, 6.45) is 16.5. The van der Waals surface area contributed by atoms with Gasteiger partial charge < -0.3 is 30.7 Å². The van der Waals surface area contributed by atoms with Gasteiger partial charge >= 0.3 is 0 Å². The zero-order valence-electron chi connectivity index (χ0n) is 48.1. The highest BCUT2D eigenvalue weighted by Gasteiger charge is 2.31. The van der Waals surface area contributed by atoms with Crippen molar-refractivity contribution in [3.63, 3.8) is 0 Å². The fourth-order valence-corrected chi connectivity index (χ4v) is 11.3. The van der Waals surface area contributed by atoms with Crippen molar-refractivity contribution in [2.75, 3.05) is 83.6 Å². The van der Waals surface area contributed by atoms with Gasteiger partial charge in [-0.15, -0.1) is 0 Å². The smallest absolute Gasteiger partial charge is 0.254 e. The second-order valence-electron chi connectivity index (χ2n) is 22.6. The monoisotopic (exact) mass is 1150 g/mol. The van der Waals surface area contributed by atoms with E-state index in [1.165, 1.54) is 14.7 Å². The van der Waals surface area contributed by atoms with Crippen molar-refractivity contribution < 1.29 is 39.6 Å². The quantitative estimate of drug-likeness (QED) is 0.0730. The predicted octanol–water partition coefficient (Wildman–Crippen LogP) is 6.25. The second kappa shape index (κ2) is 30.0. The van der Waals surface area contributed by atoms with Crippen molar-refractivity contribution in [2.24, 2.45) is 17.8 Å². The lowest BCUT2D eigenvalue weighted by Crippen LogP contribution is -2.42. The summed E-state index contributed by atoms with van der Waals surface area (Å²) in [5.41, 5.74) is 1.71. The minimum absolute atomic E-state index is 0.0610. The Morgan fingerprint density at radius 3 is 1.04 bits per heavy atom. The Hall–Kier alpha value is -5.01. The Balaban J connectivity index is 0.000000253. The van der Waals surface area contributed by atoms with Crippen LogP contribution in [-0.4, -0.2) is 168 Å². The Labute approximate surface area is 466 Å². The van der Waals surface area contributed by atoms with E-state index >= 15 is 0 Å². The molecular weight excluding hydrogens is 1060 g/mol. The molecule has 3 heterocycles. The molecule has 78 heavy (non-hydrogen) atoms. The molecule has 3 aromatic heterocycles. The molecule has 438 valence electrons. The van der Waals surface area contributed by atoms with Crippen LogP contribution >= 0.6 is 0 Å². The number of pyridine rings is 3. The van der Waals surface area contributed by atoms with Gasteiger partial charge in [-0.1, -0.05) is 0 Å². The van der Waals surface area contributed by atoms with E-state index in [9.17, 15) is 39.6 Å². The van der Waals surface area contributed by atoms with E-state index in [0.717, 1.165) is 94.5 Å². The van der Waals surface area contributed by atoms with Gasteiger partial charge in [-0.3, -0.25) is 14.4 Å². The van der Waals surface area contributed by atoms with E-state index in [4.69, 9.17) is 0 Å². The van der Waals surface area contributed by atoms with Gasteiger partial charge in [0.15, 0.2) is 0 Å². The summed E-state index contributed by atoms with van der Waals surface area (Å²) in [6, 6.07) is 11.8. The zero-order valence-corrected chi connectivity index (χ0v) is 50.6. The van der Waals surface area contributed by atoms with E-state index < -0.39 is 40.1 Å². The minimum atomic E-state index is -3.28. The first-order chi connectivity index (χ1) is 36.5. The highest BCUT2D eigenvalue weighted by molar-refractivity contribution is 7.91. The third kappa shape index (κ3) is 21.6. The highest BCUT2D eigenvalue weighted by atomic mass is 32.2. The van der Waals surface area contributed by atoms with Gasteiger partial charge in [-0.25, -0.2) is 54.4 Å². The van der Waals surface area contributed by atoms with Gasteiger partial charge in [-0.2, -0.15) is 0 Å². The second-order valence-corrected chi connectivity index (χ2v) is 29.6. The Bertz CT molecular complexity index is 2680. The van der Waals surface area contributed by atoms with Crippen LogP contribution in [0.5, 0.6) is 0 Å². The lowest BCUT2D eigenvalue weighted by molar-refractivity contribution is 0.0820. The van der Waals surface area contributed by atoms with Crippen molar-refractivity contribution in [3.05, 3.63) is 71.7 Å². The zero-order chi connectivity index (χ0) is 58.0. The molecule has 0 spiro atoms. The standard InChI is InChI=1S/C19H32N4O3S.C18H30N4O3S.C17H28N4O3S/c1-19(2,3)27(25,26)21-12-14-6-9-16(10-7-14)22-17-11-8-15(13-20-17)18(24)23(4)5;1-13(2)26(24,25)20-11-14-5-8-16(9-6-14)21-17-10-7-15(12-19-17)18(23)22(3)4;1-4-25(23,24)19-11-13-5-8-15(9-6-13)20-16-10-7-14(12-18-16)17(22)21(2)3/h8,11,13-14,16,21H,6-7,9-10,12H2,1-5H3,(H,20,22);7,10,12-14,16,20H,5-6,8-9,11H2,1-4H3,(H,19,21);7,10,12-13,15,19H,4-6,8-9,11H2,1-3H3,(H,18,20). The molecule has 3 aliphatic carbocycles. The van der Waals surface area contributed by atoms with Crippen LogP contribution < -0.4 is 30.1 Å². The van der Waals surface area contributed by atoms with Crippen molar-refractivity contribution in [2.45, 2.75) is 147 Å². The number of aromatic nitrogens is 3. The van der Waals surface area contributed by atoms with E-state index in [0.29, 0.717) is 72.2 Å².